The van der Waals surface area contributed by atoms with Gasteiger partial charge in [-0.15, -0.1) is 0 Å². The Bertz CT molecular complexity index is 177. The highest BCUT2D eigenvalue weighted by atomic mass is 16.7. The van der Waals surface area contributed by atoms with Crippen LogP contribution < -0.4 is 0 Å². The molecule has 2 aliphatic heterocycles. The van der Waals surface area contributed by atoms with Gasteiger partial charge in [0, 0.05) is 13.2 Å². The zero-order valence-electron chi connectivity index (χ0n) is 6.99. The van der Waals surface area contributed by atoms with Crippen LogP contribution in [0.25, 0.3) is 0 Å². The van der Waals surface area contributed by atoms with E-state index in [0.29, 0.717) is 13.0 Å². The SMILES string of the molecule is O=C1CCON1C1CCOCC1. The van der Waals surface area contributed by atoms with Crippen LogP contribution in [0.15, 0.2) is 0 Å². The van der Waals surface area contributed by atoms with Crippen molar-refractivity contribution >= 4 is 5.91 Å². The fourth-order valence-electron chi connectivity index (χ4n) is 1.64. The van der Waals surface area contributed by atoms with Gasteiger partial charge in [0.1, 0.15) is 0 Å². The van der Waals surface area contributed by atoms with E-state index in [1.165, 1.54) is 0 Å². The van der Waals surface area contributed by atoms with E-state index in [1.54, 1.807) is 5.06 Å². The van der Waals surface area contributed by atoms with E-state index in [0.717, 1.165) is 26.1 Å². The number of hydrogen-bond acceptors (Lipinski definition) is 3. The van der Waals surface area contributed by atoms with E-state index in [-0.39, 0.29) is 11.9 Å². The fourth-order valence-corrected chi connectivity index (χ4v) is 1.64. The van der Waals surface area contributed by atoms with Crippen molar-refractivity contribution < 1.29 is 14.4 Å². The van der Waals surface area contributed by atoms with E-state index >= 15 is 0 Å². The molecule has 2 saturated heterocycles. The molecular weight excluding hydrogens is 158 g/mol. The minimum absolute atomic E-state index is 0.127. The number of rotatable bonds is 1. The van der Waals surface area contributed by atoms with Gasteiger partial charge in [0.25, 0.3) is 0 Å². The van der Waals surface area contributed by atoms with Crippen LogP contribution in [0.5, 0.6) is 0 Å². The van der Waals surface area contributed by atoms with Crippen molar-refractivity contribution in [2.24, 2.45) is 0 Å². The van der Waals surface area contributed by atoms with Crippen LogP contribution in [0.4, 0.5) is 0 Å². The summed E-state index contributed by atoms with van der Waals surface area (Å²) < 4.78 is 5.20. The molecule has 4 nitrogen and oxygen atoms in total. The predicted octanol–water partition coefficient (Wildman–Crippen LogP) is 0.329. The number of carbonyl (C=O) groups excluding carboxylic acids is 1. The highest BCUT2D eigenvalue weighted by molar-refractivity contribution is 5.76. The maximum Gasteiger partial charge on any atom is 0.248 e. The van der Waals surface area contributed by atoms with Crippen molar-refractivity contribution in [3.8, 4) is 0 Å². The third kappa shape index (κ3) is 1.44. The van der Waals surface area contributed by atoms with Crippen LogP contribution in [0.3, 0.4) is 0 Å². The van der Waals surface area contributed by atoms with Crippen molar-refractivity contribution in [1.82, 2.24) is 5.06 Å². The average molecular weight is 171 g/mol. The highest BCUT2D eigenvalue weighted by Gasteiger charge is 2.30. The molecule has 1 amide bonds. The highest BCUT2D eigenvalue weighted by Crippen LogP contribution is 2.19. The van der Waals surface area contributed by atoms with Crippen molar-refractivity contribution in [3.63, 3.8) is 0 Å². The van der Waals surface area contributed by atoms with Gasteiger partial charge in [-0.2, -0.15) is 0 Å². The molecule has 0 atom stereocenters. The number of hydrogen-bond donors (Lipinski definition) is 0. The summed E-state index contributed by atoms with van der Waals surface area (Å²) in [5.74, 6) is 0.127. The maximum atomic E-state index is 11.2. The van der Waals surface area contributed by atoms with Gasteiger partial charge >= 0.3 is 0 Å². The topological polar surface area (TPSA) is 38.8 Å². The lowest BCUT2D eigenvalue weighted by atomic mass is 10.1. The molecular formula is C8H13NO3. The van der Waals surface area contributed by atoms with E-state index in [2.05, 4.69) is 0 Å². The minimum atomic E-state index is 0.127. The summed E-state index contributed by atoms with van der Waals surface area (Å²) in [7, 11) is 0. The van der Waals surface area contributed by atoms with Gasteiger partial charge in [-0.25, -0.2) is 5.06 Å². The lowest BCUT2D eigenvalue weighted by Gasteiger charge is -2.29. The average Bonchev–Trinajstić information content (AvgIpc) is 2.53. The Morgan fingerprint density at radius 2 is 2.00 bits per heavy atom. The van der Waals surface area contributed by atoms with Crippen LogP contribution in [0.2, 0.25) is 0 Å². The smallest absolute Gasteiger partial charge is 0.248 e. The van der Waals surface area contributed by atoms with Crippen molar-refractivity contribution in [1.29, 1.82) is 0 Å². The molecule has 0 saturated carbocycles. The Hall–Kier alpha value is -0.610. The number of ether oxygens (including phenoxy) is 1. The number of carbonyl (C=O) groups is 1. The Morgan fingerprint density at radius 1 is 1.25 bits per heavy atom. The van der Waals surface area contributed by atoms with Crippen molar-refractivity contribution in [3.05, 3.63) is 0 Å². The monoisotopic (exact) mass is 171 g/mol. The Labute approximate surface area is 71.4 Å². The van der Waals surface area contributed by atoms with Crippen LogP contribution in [-0.4, -0.2) is 36.8 Å². The van der Waals surface area contributed by atoms with Gasteiger partial charge < -0.3 is 4.74 Å². The second kappa shape index (κ2) is 3.41. The first-order valence-corrected chi connectivity index (χ1v) is 4.40. The Balaban J connectivity index is 1.93. The molecule has 0 bridgehead atoms. The summed E-state index contributed by atoms with van der Waals surface area (Å²) in [6, 6.07) is 0.258. The third-order valence-corrected chi connectivity index (χ3v) is 2.31. The molecule has 12 heavy (non-hydrogen) atoms. The minimum Gasteiger partial charge on any atom is -0.381 e. The van der Waals surface area contributed by atoms with Crippen molar-refractivity contribution in [2.75, 3.05) is 19.8 Å². The van der Waals surface area contributed by atoms with Gasteiger partial charge in [0.15, 0.2) is 0 Å². The first-order chi connectivity index (χ1) is 5.88. The standard InChI is InChI=1S/C8H13NO3/c10-8-3-6-12-9(8)7-1-4-11-5-2-7/h7H,1-6H2. The molecule has 4 heteroatoms. The summed E-state index contributed by atoms with van der Waals surface area (Å²) in [6.45, 7) is 2.05. The predicted molar refractivity (Wildman–Crippen MR) is 41.3 cm³/mol. The van der Waals surface area contributed by atoms with Gasteiger partial charge in [-0.1, -0.05) is 0 Å². The second-order valence-corrected chi connectivity index (χ2v) is 3.15. The molecule has 0 spiro atoms. The lowest BCUT2D eigenvalue weighted by molar-refractivity contribution is -0.181. The second-order valence-electron chi connectivity index (χ2n) is 3.15. The van der Waals surface area contributed by atoms with Gasteiger partial charge in [0.2, 0.25) is 5.91 Å². The van der Waals surface area contributed by atoms with Gasteiger partial charge in [0.05, 0.1) is 19.1 Å². The molecule has 2 rings (SSSR count). The van der Waals surface area contributed by atoms with Gasteiger partial charge in [-0.05, 0) is 12.8 Å². The van der Waals surface area contributed by atoms with Crippen LogP contribution in [-0.2, 0) is 14.4 Å². The number of hydroxylamine groups is 2. The van der Waals surface area contributed by atoms with Gasteiger partial charge in [-0.3, -0.25) is 9.63 Å². The summed E-state index contributed by atoms with van der Waals surface area (Å²) in [5, 5.41) is 1.54. The largest absolute Gasteiger partial charge is 0.381 e. The van der Waals surface area contributed by atoms with E-state index in [1.807, 2.05) is 0 Å². The molecule has 0 aromatic heterocycles. The zero-order valence-corrected chi connectivity index (χ0v) is 6.99. The Morgan fingerprint density at radius 3 is 2.58 bits per heavy atom. The summed E-state index contributed by atoms with van der Waals surface area (Å²) >= 11 is 0. The molecule has 0 aromatic carbocycles. The number of nitrogens with zero attached hydrogens (tertiary/aromatic N) is 1. The fraction of sp³-hybridized carbons (Fsp3) is 0.875. The Kier molecular flexibility index (Phi) is 2.28. The molecule has 0 aromatic rings. The van der Waals surface area contributed by atoms with E-state index < -0.39 is 0 Å². The third-order valence-electron chi connectivity index (χ3n) is 2.31. The first-order valence-electron chi connectivity index (χ1n) is 4.40. The van der Waals surface area contributed by atoms with Crippen LogP contribution in [0, 0.1) is 0 Å². The summed E-state index contributed by atoms with van der Waals surface area (Å²) in [6.07, 6.45) is 2.36. The molecule has 0 unspecified atom stereocenters. The molecule has 2 fully saturated rings. The van der Waals surface area contributed by atoms with E-state index in [4.69, 9.17) is 9.57 Å². The molecule has 2 aliphatic rings. The van der Waals surface area contributed by atoms with E-state index in [9.17, 15) is 4.79 Å². The zero-order chi connectivity index (χ0) is 8.39. The van der Waals surface area contributed by atoms with Crippen LogP contribution >= 0.6 is 0 Å². The summed E-state index contributed by atoms with van der Waals surface area (Å²) in [4.78, 5) is 16.5. The normalized spacial score (nSPS) is 26.7. The molecule has 0 N–H and O–H groups in total. The quantitative estimate of drug-likeness (QED) is 0.570. The molecule has 68 valence electrons. The maximum absolute atomic E-state index is 11.2. The summed E-state index contributed by atoms with van der Waals surface area (Å²) in [5.41, 5.74) is 0. The van der Waals surface area contributed by atoms with Crippen molar-refractivity contribution in [2.45, 2.75) is 25.3 Å². The first kappa shape index (κ1) is 8.01. The molecule has 0 aliphatic carbocycles. The number of amides is 1. The van der Waals surface area contributed by atoms with Crippen LogP contribution in [0.1, 0.15) is 19.3 Å². The molecule has 2 heterocycles. The lowest BCUT2D eigenvalue weighted by Crippen LogP contribution is -2.39. The molecule has 0 radical (unpaired) electrons.